The van der Waals surface area contributed by atoms with Gasteiger partial charge in [0.05, 0.1) is 6.61 Å². The molecule has 3 nitrogen and oxygen atoms in total. The van der Waals surface area contributed by atoms with Crippen LogP contribution in [-0.4, -0.2) is 16.8 Å². The van der Waals surface area contributed by atoms with Gasteiger partial charge in [-0.15, -0.1) is 5.10 Å². The molecule has 1 N–H and O–H groups in total. The molecule has 0 unspecified atom stereocenters. The molecule has 0 aliphatic heterocycles. The Kier molecular flexibility index (Phi) is 2.79. The molecule has 1 heterocycles. The summed E-state index contributed by atoms with van der Waals surface area (Å²) < 4.78 is 40.9. The molecule has 0 radical (unpaired) electrons. The number of halogens is 3. The summed E-state index contributed by atoms with van der Waals surface area (Å²) in [5.74, 6) is -0.0193. The van der Waals surface area contributed by atoms with E-state index < -0.39 is 11.9 Å². The first-order valence-electron chi connectivity index (χ1n) is 3.79. The summed E-state index contributed by atoms with van der Waals surface area (Å²) in [7, 11) is 0. The van der Waals surface area contributed by atoms with Crippen LogP contribution in [0.1, 0.15) is 19.0 Å². The largest absolute Gasteiger partial charge is 0.477 e. The molecular weight excluding hydrogens is 185 g/mol. The number of aromatic nitrogens is 2. The molecule has 1 rings (SSSR count). The van der Waals surface area contributed by atoms with Crippen molar-refractivity contribution in [3.05, 3.63) is 11.8 Å². The second-order valence-electron chi connectivity index (χ2n) is 2.47. The number of H-pyrrole nitrogens is 1. The Hall–Kier alpha value is -1.20. The molecule has 0 amide bonds. The van der Waals surface area contributed by atoms with Crippen LogP contribution in [-0.2, 0) is 6.18 Å². The van der Waals surface area contributed by atoms with E-state index in [0.717, 1.165) is 12.5 Å². The number of hydrogen-bond acceptors (Lipinski definition) is 2. The van der Waals surface area contributed by atoms with Crippen molar-refractivity contribution in [1.82, 2.24) is 10.2 Å². The number of hydrogen-bond donors (Lipinski definition) is 1. The minimum Gasteiger partial charge on any atom is -0.477 e. The molecule has 0 saturated carbocycles. The highest BCUT2D eigenvalue weighted by molar-refractivity contribution is 5.16. The molecule has 1 aromatic heterocycles. The fourth-order valence-electron chi connectivity index (χ4n) is 0.729. The third-order valence-electron chi connectivity index (χ3n) is 1.31. The average molecular weight is 194 g/mol. The monoisotopic (exact) mass is 194 g/mol. The summed E-state index contributed by atoms with van der Waals surface area (Å²) in [5.41, 5.74) is -0.890. The zero-order valence-corrected chi connectivity index (χ0v) is 6.98. The van der Waals surface area contributed by atoms with Gasteiger partial charge in [0.2, 0.25) is 5.88 Å². The molecule has 74 valence electrons. The van der Waals surface area contributed by atoms with Gasteiger partial charge in [-0.05, 0) is 6.42 Å². The predicted molar refractivity (Wildman–Crippen MR) is 39.4 cm³/mol. The first-order valence-corrected chi connectivity index (χ1v) is 3.79. The van der Waals surface area contributed by atoms with Gasteiger partial charge in [-0.3, -0.25) is 5.10 Å². The topological polar surface area (TPSA) is 37.9 Å². The lowest BCUT2D eigenvalue weighted by Gasteiger charge is -2.00. The van der Waals surface area contributed by atoms with E-state index in [1.807, 2.05) is 12.0 Å². The van der Waals surface area contributed by atoms with Gasteiger partial charge in [0, 0.05) is 6.07 Å². The van der Waals surface area contributed by atoms with Crippen LogP contribution in [0.5, 0.6) is 5.88 Å². The zero-order valence-electron chi connectivity index (χ0n) is 6.98. The van der Waals surface area contributed by atoms with Crippen molar-refractivity contribution >= 4 is 0 Å². The number of nitrogens with zero attached hydrogens (tertiary/aromatic N) is 1. The highest BCUT2D eigenvalue weighted by atomic mass is 19.4. The Morgan fingerprint density at radius 2 is 2.23 bits per heavy atom. The molecule has 0 atom stereocenters. The minimum absolute atomic E-state index is 0.0193. The summed E-state index contributed by atoms with van der Waals surface area (Å²) in [6.07, 6.45) is -3.66. The van der Waals surface area contributed by atoms with Crippen molar-refractivity contribution in [3.8, 4) is 5.88 Å². The van der Waals surface area contributed by atoms with E-state index >= 15 is 0 Å². The molecule has 1 aromatic rings. The third-order valence-corrected chi connectivity index (χ3v) is 1.31. The van der Waals surface area contributed by atoms with Gasteiger partial charge < -0.3 is 4.74 Å². The quantitative estimate of drug-likeness (QED) is 0.801. The van der Waals surface area contributed by atoms with Crippen LogP contribution in [0.25, 0.3) is 0 Å². The molecule has 6 heteroatoms. The molecule has 0 spiro atoms. The number of ether oxygens (including phenoxy) is 1. The van der Waals surface area contributed by atoms with Crippen LogP contribution < -0.4 is 4.74 Å². The smallest absolute Gasteiger partial charge is 0.432 e. The average Bonchev–Trinajstić information content (AvgIpc) is 2.47. The van der Waals surface area contributed by atoms with Gasteiger partial charge in [-0.25, -0.2) is 0 Å². The van der Waals surface area contributed by atoms with Gasteiger partial charge in [-0.1, -0.05) is 6.92 Å². The molecule has 0 saturated heterocycles. The number of nitrogens with one attached hydrogen (secondary N) is 1. The second-order valence-corrected chi connectivity index (χ2v) is 2.47. The fourth-order valence-corrected chi connectivity index (χ4v) is 0.729. The van der Waals surface area contributed by atoms with E-state index in [2.05, 4.69) is 5.10 Å². The van der Waals surface area contributed by atoms with Gasteiger partial charge in [-0.2, -0.15) is 13.2 Å². The summed E-state index contributed by atoms with van der Waals surface area (Å²) in [5, 5.41) is 5.21. The minimum atomic E-state index is -4.39. The van der Waals surface area contributed by atoms with Crippen LogP contribution in [0, 0.1) is 0 Å². The van der Waals surface area contributed by atoms with Crippen molar-refractivity contribution in [2.75, 3.05) is 6.61 Å². The van der Waals surface area contributed by atoms with Crippen LogP contribution in [0.4, 0.5) is 13.2 Å². The van der Waals surface area contributed by atoms with E-state index in [9.17, 15) is 13.2 Å². The van der Waals surface area contributed by atoms with Crippen molar-refractivity contribution in [2.24, 2.45) is 0 Å². The standard InChI is InChI=1S/C7H9F3N2O/c1-2-3-13-6-4-5(11-12-6)7(8,9)10/h4H,2-3H2,1H3,(H,11,12). The summed E-state index contributed by atoms with van der Waals surface area (Å²) in [4.78, 5) is 0. The maximum absolute atomic E-state index is 12.0. The van der Waals surface area contributed by atoms with Crippen molar-refractivity contribution in [1.29, 1.82) is 0 Å². The van der Waals surface area contributed by atoms with Gasteiger partial charge in [0.25, 0.3) is 0 Å². The van der Waals surface area contributed by atoms with Crippen LogP contribution in [0.15, 0.2) is 6.07 Å². The summed E-state index contributed by atoms with van der Waals surface area (Å²) >= 11 is 0. The van der Waals surface area contributed by atoms with Gasteiger partial charge in [0.1, 0.15) is 5.69 Å². The zero-order chi connectivity index (χ0) is 9.90. The molecule has 0 fully saturated rings. The molecule has 0 aromatic carbocycles. The normalized spacial score (nSPS) is 11.7. The maximum atomic E-state index is 12.0. The van der Waals surface area contributed by atoms with Gasteiger partial charge in [0.15, 0.2) is 0 Å². The van der Waals surface area contributed by atoms with Crippen LogP contribution in [0.3, 0.4) is 0 Å². The van der Waals surface area contributed by atoms with Crippen molar-refractivity contribution < 1.29 is 17.9 Å². The Balaban J connectivity index is 2.64. The predicted octanol–water partition coefficient (Wildman–Crippen LogP) is 2.22. The lowest BCUT2D eigenvalue weighted by atomic mass is 10.4. The SMILES string of the molecule is CCCOc1cc(C(F)(F)F)[nH]n1. The second kappa shape index (κ2) is 3.68. The molecule has 0 bridgehead atoms. The molecule has 13 heavy (non-hydrogen) atoms. The molecule has 0 aliphatic rings. The Morgan fingerprint density at radius 3 is 2.69 bits per heavy atom. The lowest BCUT2D eigenvalue weighted by molar-refractivity contribution is -0.141. The number of aromatic amines is 1. The third kappa shape index (κ3) is 2.64. The first kappa shape index (κ1) is 9.88. The molecular formula is C7H9F3N2O. The van der Waals surface area contributed by atoms with E-state index in [1.165, 1.54) is 0 Å². The van der Waals surface area contributed by atoms with Crippen LogP contribution >= 0.6 is 0 Å². The lowest BCUT2D eigenvalue weighted by Crippen LogP contribution is -2.04. The molecule has 0 aliphatic carbocycles. The Morgan fingerprint density at radius 1 is 1.54 bits per heavy atom. The van der Waals surface area contributed by atoms with Crippen molar-refractivity contribution in [3.63, 3.8) is 0 Å². The fraction of sp³-hybridized carbons (Fsp3) is 0.571. The number of rotatable bonds is 3. The van der Waals surface area contributed by atoms with Gasteiger partial charge >= 0.3 is 6.18 Å². The highest BCUT2D eigenvalue weighted by Crippen LogP contribution is 2.29. The number of alkyl halides is 3. The first-order chi connectivity index (χ1) is 6.04. The Bertz CT molecular complexity index is 269. The van der Waals surface area contributed by atoms with Crippen LogP contribution in [0.2, 0.25) is 0 Å². The van der Waals surface area contributed by atoms with E-state index in [1.54, 1.807) is 0 Å². The van der Waals surface area contributed by atoms with E-state index in [0.29, 0.717) is 6.61 Å². The maximum Gasteiger partial charge on any atom is 0.432 e. The highest BCUT2D eigenvalue weighted by Gasteiger charge is 2.33. The van der Waals surface area contributed by atoms with E-state index in [4.69, 9.17) is 4.74 Å². The van der Waals surface area contributed by atoms with E-state index in [-0.39, 0.29) is 5.88 Å². The summed E-state index contributed by atoms with van der Waals surface area (Å²) in [6, 6.07) is 0.843. The summed E-state index contributed by atoms with van der Waals surface area (Å²) in [6.45, 7) is 2.22. The van der Waals surface area contributed by atoms with Crippen molar-refractivity contribution in [2.45, 2.75) is 19.5 Å². The Labute approximate surface area is 72.9 Å².